The van der Waals surface area contributed by atoms with Gasteiger partial charge in [0.2, 0.25) is 6.79 Å². The summed E-state index contributed by atoms with van der Waals surface area (Å²) in [6.45, 7) is 5.21. The highest BCUT2D eigenvalue weighted by atomic mass is 16.7. The quantitative estimate of drug-likeness (QED) is 0.448. The van der Waals surface area contributed by atoms with Crippen molar-refractivity contribution in [3.63, 3.8) is 0 Å². The second kappa shape index (κ2) is 10.3. The third-order valence-corrected chi connectivity index (χ3v) is 8.62. The zero-order valence-electron chi connectivity index (χ0n) is 23.2. The summed E-state index contributed by atoms with van der Waals surface area (Å²) < 4.78 is 28.1. The zero-order valence-corrected chi connectivity index (χ0v) is 23.2. The van der Waals surface area contributed by atoms with Gasteiger partial charge in [0.1, 0.15) is 5.76 Å². The van der Waals surface area contributed by atoms with Gasteiger partial charge in [-0.15, -0.1) is 0 Å². The molecule has 0 aromatic heterocycles. The molecule has 4 aliphatic rings. The summed E-state index contributed by atoms with van der Waals surface area (Å²) in [5.41, 5.74) is -1.42. The van der Waals surface area contributed by atoms with Crippen LogP contribution >= 0.6 is 0 Å². The Bertz CT molecular complexity index is 1160. The maximum atomic E-state index is 13.8. The predicted molar refractivity (Wildman–Crippen MR) is 139 cm³/mol. The number of esters is 2. The number of ether oxygens (including phenoxy) is 5. The first-order valence-corrected chi connectivity index (χ1v) is 13.7. The minimum Gasteiger partial charge on any atom is -0.497 e. The van der Waals surface area contributed by atoms with Crippen molar-refractivity contribution in [1.82, 2.24) is 4.90 Å². The lowest BCUT2D eigenvalue weighted by atomic mass is 9.77. The van der Waals surface area contributed by atoms with Gasteiger partial charge in [0.05, 0.1) is 37.7 Å². The van der Waals surface area contributed by atoms with Crippen LogP contribution in [0, 0.1) is 0 Å². The fraction of sp³-hybridized carbons (Fsp3) is 0.655. The minimum absolute atomic E-state index is 0.0686. The monoisotopic (exact) mass is 545 g/mol. The summed E-state index contributed by atoms with van der Waals surface area (Å²) >= 11 is 0. The molecule has 1 aliphatic carbocycles. The molecule has 0 radical (unpaired) electrons. The first-order valence-electron chi connectivity index (χ1n) is 13.7. The Morgan fingerprint density at radius 3 is 2.56 bits per heavy atom. The highest BCUT2D eigenvalue weighted by molar-refractivity contribution is 5.86. The molecule has 1 fully saturated rings. The topological polar surface area (TPSA) is 124 Å². The van der Waals surface area contributed by atoms with Gasteiger partial charge in [-0.05, 0) is 88.3 Å². The van der Waals surface area contributed by atoms with E-state index in [4.69, 9.17) is 23.7 Å². The van der Waals surface area contributed by atoms with Crippen molar-refractivity contribution in [2.24, 2.45) is 0 Å². The van der Waals surface area contributed by atoms with Gasteiger partial charge in [0.25, 0.3) is 0 Å². The summed E-state index contributed by atoms with van der Waals surface area (Å²) in [6, 6.07) is 4.00. The molecule has 2 N–H and O–H groups in total. The van der Waals surface area contributed by atoms with Crippen molar-refractivity contribution in [2.45, 2.75) is 87.6 Å². The van der Waals surface area contributed by atoms with Gasteiger partial charge < -0.3 is 33.9 Å². The van der Waals surface area contributed by atoms with Gasteiger partial charge in [-0.3, -0.25) is 9.69 Å². The van der Waals surface area contributed by atoms with Crippen molar-refractivity contribution in [3.05, 3.63) is 35.1 Å². The van der Waals surface area contributed by atoms with Crippen molar-refractivity contribution in [2.75, 3.05) is 34.1 Å². The van der Waals surface area contributed by atoms with Gasteiger partial charge >= 0.3 is 11.9 Å². The van der Waals surface area contributed by atoms with E-state index in [0.29, 0.717) is 30.1 Å². The number of rotatable bonds is 9. The molecule has 1 saturated heterocycles. The summed E-state index contributed by atoms with van der Waals surface area (Å²) in [5, 5.41) is 21.6. The van der Waals surface area contributed by atoms with Crippen molar-refractivity contribution in [1.29, 1.82) is 0 Å². The van der Waals surface area contributed by atoms with Gasteiger partial charge in [-0.25, -0.2) is 4.79 Å². The van der Waals surface area contributed by atoms with E-state index in [-0.39, 0.29) is 19.1 Å². The molecular formula is C29H39NO9. The van der Waals surface area contributed by atoms with Crippen LogP contribution in [0.15, 0.2) is 24.0 Å². The van der Waals surface area contributed by atoms with Gasteiger partial charge in [0, 0.05) is 6.54 Å². The standard InChI is InChI=1S/C29H39NO9/c1-27(2,33)8-5-10-29(34,16-23(31)36-4)26(32)39-25-22(35-3)15-28-9-6-11-30(28)12-7-18-13-20-21(38-17-37-20)14-19(18)24(25)28/h13-15,24-25,33-34H,5-12,16-17H2,1-4H3/t24-,25-,28+,29+/m0/s1. The van der Waals surface area contributed by atoms with Crippen LogP contribution in [0.2, 0.25) is 0 Å². The van der Waals surface area contributed by atoms with Crippen LogP contribution in [-0.2, 0) is 30.2 Å². The van der Waals surface area contributed by atoms with E-state index in [2.05, 4.69) is 11.0 Å². The smallest absolute Gasteiger partial charge is 0.339 e. The highest BCUT2D eigenvalue weighted by Gasteiger charge is 2.59. The molecule has 1 aromatic rings. The van der Waals surface area contributed by atoms with E-state index in [1.165, 1.54) is 7.11 Å². The van der Waals surface area contributed by atoms with Crippen molar-refractivity contribution >= 4 is 11.9 Å². The Morgan fingerprint density at radius 1 is 1.13 bits per heavy atom. The molecule has 0 unspecified atom stereocenters. The molecule has 5 rings (SSSR count). The average molecular weight is 546 g/mol. The third kappa shape index (κ3) is 5.10. The third-order valence-electron chi connectivity index (χ3n) is 8.62. The molecule has 3 heterocycles. The van der Waals surface area contributed by atoms with Gasteiger partial charge in [0.15, 0.2) is 23.2 Å². The minimum atomic E-state index is -2.12. The first-order chi connectivity index (χ1) is 18.5. The average Bonchev–Trinajstić information content (AvgIpc) is 3.56. The van der Waals surface area contributed by atoms with E-state index in [1.54, 1.807) is 21.0 Å². The lowest BCUT2D eigenvalue weighted by Gasteiger charge is -2.39. The summed E-state index contributed by atoms with van der Waals surface area (Å²) in [7, 11) is 2.76. The molecular weight excluding hydrogens is 506 g/mol. The van der Waals surface area contributed by atoms with E-state index >= 15 is 0 Å². The Kier molecular flexibility index (Phi) is 7.32. The Hall–Kier alpha value is -2.82. The SMILES string of the molecule is COC(=O)C[C@](O)(CCCC(C)(C)O)C(=O)O[C@H]1C(OC)=C[C@@]23CCCN2CCc2cc4c(cc2[C@@H]13)OCO4. The van der Waals surface area contributed by atoms with Gasteiger partial charge in [-0.2, -0.15) is 0 Å². The number of hydrogen-bond acceptors (Lipinski definition) is 10. The maximum absolute atomic E-state index is 13.8. The maximum Gasteiger partial charge on any atom is 0.339 e. The number of nitrogens with zero attached hydrogens (tertiary/aromatic N) is 1. The number of carbonyl (C=O) groups is 2. The second-order valence-electron chi connectivity index (χ2n) is 11.7. The molecule has 3 aliphatic heterocycles. The van der Waals surface area contributed by atoms with Gasteiger partial charge in [-0.1, -0.05) is 0 Å². The molecule has 39 heavy (non-hydrogen) atoms. The zero-order chi connectivity index (χ0) is 28.0. The number of benzene rings is 1. The largest absolute Gasteiger partial charge is 0.497 e. The van der Waals surface area contributed by atoms with Crippen LogP contribution in [0.3, 0.4) is 0 Å². The lowest BCUT2D eigenvalue weighted by Crippen LogP contribution is -2.49. The van der Waals surface area contributed by atoms with Crippen LogP contribution < -0.4 is 9.47 Å². The highest BCUT2D eigenvalue weighted by Crippen LogP contribution is 2.55. The Morgan fingerprint density at radius 2 is 1.87 bits per heavy atom. The van der Waals surface area contributed by atoms with Crippen LogP contribution in [0.1, 0.15) is 69.4 Å². The molecule has 0 bridgehead atoms. The first kappa shape index (κ1) is 27.7. The Balaban J connectivity index is 1.50. The lowest BCUT2D eigenvalue weighted by molar-refractivity contribution is -0.178. The van der Waals surface area contributed by atoms with E-state index < -0.39 is 41.2 Å². The molecule has 10 nitrogen and oxygen atoms in total. The molecule has 10 heteroatoms. The molecule has 4 atom stereocenters. The Labute approximate surface area is 228 Å². The van der Waals surface area contributed by atoms with E-state index in [0.717, 1.165) is 43.5 Å². The van der Waals surface area contributed by atoms with E-state index in [1.807, 2.05) is 12.1 Å². The summed E-state index contributed by atoms with van der Waals surface area (Å²) in [6.07, 6.45) is 3.94. The number of aliphatic hydroxyl groups is 2. The molecule has 1 spiro atoms. The second-order valence-corrected chi connectivity index (χ2v) is 11.7. The summed E-state index contributed by atoms with van der Waals surface area (Å²) in [5.74, 6) is -0.0645. The number of methoxy groups -OCH3 is 2. The predicted octanol–water partition coefficient (Wildman–Crippen LogP) is 2.58. The van der Waals surface area contributed by atoms with Crippen LogP contribution in [0.4, 0.5) is 0 Å². The molecule has 1 aromatic carbocycles. The number of fused-ring (bicyclic) bond motifs is 3. The normalized spacial score (nSPS) is 27.0. The number of hydrogen-bond donors (Lipinski definition) is 2. The molecule has 0 amide bonds. The summed E-state index contributed by atoms with van der Waals surface area (Å²) in [4.78, 5) is 28.4. The number of carbonyl (C=O) groups excluding carboxylic acids is 2. The van der Waals surface area contributed by atoms with E-state index in [9.17, 15) is 19.8 Å². The molecule has 214 valence electrons. The van der Waals surface area contributed by atoms with Crippen molar-refractivity contribution < 1.29 is 43.5 Å². The van der Waals surface area contributed by atoms with Crippen LogP contribution in [0.5, 0.6) is 11.5 Å². The van der Waals surface area contributed by atoms with Crippen molar-refractivity contribution in [3.8, 4) is 11.5 Å². The van der Waals surface area contributed by atoms with Crippen LogP contribution in [-0.4, -0.2) is 84.0 Å². The molecule has 0 saturated carbocycles. The fourth-order valence-corrected chi connectivity index (χ4v) is 6.71. The van der Waals surface area contributed by atoms with Crippen LogP contribution in [0.25, 0.3) is 0 Å². The fourth-order valence-electron chi connectivity index (χ4n) is 6.71.